The van der Waals surface area contributed by atoms with Gasteiger partial charge in [0.1, 0.15) is 0 Å². The van der Waals surface area contributed by atoms with Gasteiger partial charge in [-0.25, -0.2) is 0 Å². The van der Waals surface area contributed by atoms with Crippen molar-refractivity contribution in [3.8, 4) is 0 Å². The van der Waals surface area contributed by atoms with Gasteiger partial charge in [0.15, 0.2) is 5.96 Å². The number of nitrogens with one attached hydrogen (secondary N) is 1. The fraction of sp³-hybridized carbons (Fsp3) is 0.923. The Morgan fingerprint density at radius 1 is 1.47 bits per heavy atom. The summed E-state index contributed by atoms with van der Waals surface area (Å²) in [7, 11) is 0. The van der Waals surface area contributed by atoms with Crippen LogP contribution in [0.1, 0.15) is 40.0 Å². The minimum atomic E-state index is 0.504. The molecule has 0 amide bonds. The topological polar surface area (TPSA) is 53.6 Å². The first-order chi connectivity index (χ1) is 8.13. The van der Waals surface area contributed by atoms with E-state index in [0.29, 0.717) is 12.0 Å². The van der Waals surface area contributed by atoms with Crippen molar-refractivity contribution in [1.29, 1.82) is 0 Å². The summed E-state index contributed by atoms with van der Waals surface area (Å²) < 4.78 is 0. The van der Waals surface area contributed by atoms with E-state index in [9.17, 15) is 0 Å². The Labute approximate surface area is 106 Å². The highest BCUT2D eigenvalue weighted by Crippen LogP contribution is 2.17. The summed E-state index contributed by atoms with van der Waals surface area (Å²) in [6, 6.07) is 0.504. The molecular weight excluding hydrogens is 212 g/mol. The van der Waals surface area contributed by atoms with Crippen molar-refractivity contribution < 1.29 is 0 Å². The second-order valence-corrected chi connectivity index (χ2v) is 5.22. The molecule has 4 heteroatoms. The quantitative estimate of drug-likeness (QED) is 0.564. The van der Waals surface area contributed by atoms with Crippen LogP contribution in [0.15, 0.2) is 4.99 Å². The molecule has 1 rings (SSSR count). The Bertz CT molecular complexity index is 232. The van der Waals surface area contributed by atoms with Crippen LogP contribution in [0.5, 0.6) is 0 Å². The summed E-state index contributed by atoms with van der Waals surface area (Å²) >= 11 is 0. The monoisotopic (exact) mass is 240 g/mol. The van der Waals surface area contributed by atoms with E-state index in [0.717, 1.165) is 25.4 Å². The normalized spacial score (nSPS) is 21.5. The minimum Gasteiger partial charge on any atom is -0.370 e. The Kier molecular flexibility index (Phi) is 6.34. The minimum absolute atomic E-state index is 0.504. The molecular formula is C13H28N4. The van der Waals surface area contributed by atoms with E-state index >= 15 is 0 Å². The van der Waals surface area contributed by atoms with Crippen molar-refractivity contribution in [1.82, 2.24) is 10.2 Å². The summed E-state index contributed by atoms with van der Waals surface area (Å²) in [5.41, 5.74) is 5.78. The maximum atomic E-state index is 5.78. The number of likely N-dealkylation sites (tertiary alicyclic amines) is 1. The van der Waals surface area contributed by atoms with Gasteiger partial charge in [-0.1, -0.05) is 13.8 Å². The van der Waals surface area contributed by atoms with Crippen LogP contribution in [-0.2, 0) is 0 Å². The highest BCUT2D eigenvalue weighted by molar-refractivity contribution is 5.77. The number of nitrogens with zero attached hydrogens (tertiary/aromatic N) is 2. The Morgan fingerprint density at radius 2 is 2.12 bits per heavy atom. The predicted octanol–water partition coefficient (Wildman–Crippen LogP) is 1.42. The molecule has 17 heavy (non-hydrogen) atoms. The Balaban J connectivity index is 2.26. The van der Waals surface area contributed by atoms with Crippen molar-refractivity contribution in [2.45, 2.75) is 46.1 Å². The summed E-state index contributed by atoms with van der Waals surface area (Å²) in [6.07, 6.45) is 3.71. The van der Waals surface area contributed by atoms with Crippen molar-refractivity contribution in [3.63, 3.8) is 0 Å². The molecule has 0 aromatic heterocycles. The molecule has 0 aromatic carbocycles. The first-order valence-corrected chi connectivity index (χ1v) is 6.91. The number of aliphatic imine (C=N–C) groups is 1. The van der Waals surface area contributed by atoms with E-state index in [-0.39, 0.29) is 0 Å². The second kappa shape index (κ2) is 7.54. The second-order valence-electron chi connectivity index (χ2n) is 5.22. The van der Waals surface area contributed by atoms with Crippen LogP contribution in [0.3, 0.4) is 0 Å². The predicted molar refractivity (Wildman–Crippen MR) is 74.2 cm³/mol. The molecule has 1 atom stereocenters. The maximum absolute atomic E-state index is 5.78. The zero-order valence-corrected chi connectivity index (χ0v) is 11.6. The molecule has 1 aliphatic heterocycles. The lowest BCUT2D eigenvalue weighted by molar-refractivity contribution is 0.150. The van der Waals surface area contributed by atoms with Gasteiger partial charge >= 0.3 is 0 Å². The van der Waals surface area contributed by atoms with Gasteiger partial charge in [-0.05, 0) is 45.2 Å². The smallest absolute Gasteiger partial charge is 0.188 e. The fourth-order valence-corrected chi connectivity index (χ4v) is 2.12. The van der Waals surface area contributed by atoms with Crippen LogP contribution in [-0.4, -0.2) is 43.1 Å². The largest absolute Gasteiger partial charge is 0.370 e. The molecule has 1 saturated heterocycles. The van der Waals surface area contributed by atoms with Gasteiger partial charge in [0.05, 0.1) is 6.54 Å². The lowest BCUT2D eigenvalue weighted by Crippen LogP contribution is -2.42. The molecule has 0 spiro atoms. The first kappa shape index (κ1) is 14.3. The van der Waals surface area contributed by atoms with Gasteiger partial charge in [0.25, 0.3) is 0 Å². The number of rotatable bonds is 5. The van der Waals surface area contributed by atoms with E-state index in [4.69, 9.17) is 5.73 Å². The molecule has 100 valence electrons. The molecule has 0 aliphatic carbocycles. The van der Waals surface area contributed by atoms with Crippen molar-refractivity contribution >= 4 is 5.96 Å². The van der Waals surface area contributed by atoms with E-state index < -0.39 is 0 Å². The molecule has 0 bridgehead atoms. The van der Waals surface area contributed by atoms with E-state index in [2.05, 4.69) is 36.0 Å². The van der Waals surface area contributed by atoms with Crippen LogP contribution in [0.4, 0.5) is 0 Å². The third kappa shape index (κ3) is 5.39. The first-order valence-electron chi connectivity index (χ1n) is 6.91. The zero-order valence-electron chi connectivity index (χ0n) is 11.6. The summed E-state index contributed by atoms with van der Waals surface area (Å²) in [6.45, 7) is 10.8. The Morgan fingerprint density at radius 3 is 2.71 bits per heavy atom. The highest BCUT2D eigenvalue weighted by Gasteiger charge is 2.19. The molecule has 1 unspecified atom stereocenters. The van der Waals surface area contributed by atoms with Crippen molar-refractivity contribution in [3.05, 3.63) is 0 Å². The number of guanidine groups is 1. The Hall–Kier alpha value is -0.770. The SMILES string of the molecule is CCCNC(N)=NCC(C)N1CCC(C)CC1. The number of hydrogen-bond donors (Lipinski definition) is 2. The van der Waals surface area contributed by atoms with Gasteiger partial charge in [-0.2, -0.15) is 0 Å². The van der Waals surface area contributed by atoms with E-state index in [1.54, 1.807) is 0 Å². The number of piperidine rings is 1. The molecule has 3 N–H and O–H groups in total. The standard InChI is InChI=1S/C13H28N4/c1-4-7-15-13(14)16-10-12(3)17-8-5-11(2)6-9-17/h11-12H,4-10H2,1-3H3,(H3,14,15,16). The number of nitrogens with two attached hydrogens (primary N) is 1. The molecule has 1 aliphatic rings. The van der Waals surface area contributed by atoms with Gasteiger partial charge < -0.3 is 11.1 Å². The summed E-state index contributed by atoms with van der Waals surface area (Å²) in [4.78, 5) is 6.92. The van der Waals surface area contributed by atoms with E-state index in [1.165, 1.54) is 25.9 Å². The average Bonchev–Trinajstić information content (AvgIpc) is 2.34. The van der Waals surface area contributed by atoms with Crippen molar-refractivity contribution in [2.75, 3.05) is 26.2 Å². The van der Waals surface area contributed by atoms with E-state index in [1.807, 2.05) is 0 Å². The molecule has 4 nitrogen and oxygen atoms in total. The number of hydrogen-bond acceptors (Lipinski definition) is 2. The van der Waals surface area contributed by atoms with Gasteiger partial charge in [0.2, 0.25) is 0 Å². The molecule has 0 radical (unpaired) electrons. The summed E-state index contributed by atoms with van der Waals surface area (Å²) in [5, 5.41) is 3.11. The molecule has 1 fully saturated rings. The zero-order chi connectivity index (χ0) is 12.7. The molecule has 0 saturated carbocycles. The van der Waals surface area contributed by atoms with Gasteiger partial charge in [0, 0.05) is 12.6 Å². The van der Waals surface area contributed by atoms with Gasteiger partial charge in [-0.3, -0.25) is 9.89 Å². The lowest BCUT2D eigenvalue weighted by atomic mass is 9.98. The molecule has 1 heterocycles. The van der Waals surface area contributed by atoms with Crippen molar-refractivity contribution in [2.24, 2.45) is 16.6 Å². The van der Waals surface area contributed by atoms with Crippen LogP contribution < -0.4 is 11.1 Å². The highest BCUT2D eigenvalue weighted by atomic mass is 15.2. The fourth-order valence-electron chi connectivity index (χ4n) is 2.12. The van der Waals surface area contributed by atoms with Gasteiger partial charge in [-0.15, -0.1) is 0 Å². The maximum Gasteiger partial charge on any atom is 0.188 e. The lowest BCUT2D eigenvalue weighted by Gasteiger charge is -2.34. The molecule has 0 aromatic rings. The van der Waals surface area contributed by atoms with Crippen LogP contribution >= 0.6 is 0 Å². The van der Waals surface area contributed by atoms with Crippen LogP contribution in [0.25, 0.3) is 0 Å². The van der Waals surface area contributed by atoms with Crippen LogP contribution in [0.2, 0.25) is 0 Å². The average molecular weight is 240 g/mol. The third-order valence-electron chi connectivity index (χ3n) is 3.52. The third-order valence-corrected chi connectivity index (χ3v) is 3.52. The summed E-state index contributed by atoms with van der Waals surface area (Å²) in [5.74, 6) is 1.47. The van der Waals surface area contributed by atoms with Crippen LogP contribution in [0, 0.1) is 5.92 Å².